The number of ether oxygens (including phenoxy) is 1. The van der Waals surface area contributed by atoms with Crippen LogP contribution in [0.5, 0.6) is 5.88 Å². The van der Waals surface area contributed by atoms with Crippen molar-refractivity contribution in [2.45, 2.75) is 19.3 Å². The maximum atomic E-state index is 5.94. The van der Waals surface area contributed by atoms with Gasteiger partial charge in [0.25, 0.3) is 0 Å². The van der Waals surface area contributed by atoms with E-state index in [4.69, 9.17) is 10.5 Å². The fourth-order valence-corrected chi connectivity index (χ4v) is 2.54. The van der Waals surface area contributed by atoms with Gasteiger partial charge in [-0.25, -0.2) is 9.97 Å². The summed E-state index contributed by atoms with van der Waals surface area (Å²) in [5.41, 5.74) is 8.88. The van der Waals surface area contributed by atoms with Crippen LogP contribution in [0.4, 0.5) is 5.82 Å². The van der Waals surface area contributed by atoms with Crippen LogP contribution in [0.25, 0.3) is 11.1 Å². The number of fused-ring (bicyclic) bond motifs is 1. The first kappa shape index (κ1) is 12.4. The van der Waals surface area contributed by atoms with E-state index in [9.17, 15) is 0 Å². The van der Waals surface area contributed by atoms with Gasteiger partial charge in [0.05, 0.1) is 6.61 Å². The average molecular weight is 320 g/mol. The highest BCUT2D eigenvalue weighted by molar-refractivity contribution is 9.10. The zero-order valence-electron chi connectivity index (χ0n) is 10.8. The Hall–Kier alpha value is -1.62. The SMILES string of the molecule is CC1(C)COc2ncc(-c3cc(Br)cnc3N)cc21. The fraction of sp³-hybridized carbons (Fsp3) is 0.286. The molecule has 0 spiro atoms. The lowest BCUT2D eigenvalue weighted by atomic mass is 9.87. The molecular weight excluding hydrogens is 306 g/mol. The normalized spacial score (nSPS) is 15.9. The lowest BCUT2D eigenvalue weighted by Crippen LogP contribution is -2.18. The molecule has 0 radical (unpaired) electrons. The lowest BCUT2D eigenvalue weighted by molar-refractivity contribution is 0.284. The Bertz CT molecular complexity index is 655. The molecule has 2 aromatic rings. The summed E-state index contributed by atoms with van der Waals surface area (Å²) in [6, 6.07) is 4.05. The van der Waals surface area contributed by atoms with Crippen molar-refractivity contribution in [3.8, 4) is 17.0 Å². The van der Waals surface area contributed by atoms with Crippen LogP contribution < -0.4 is 10.5 Å². The van der Waals surface area contributed by atoms with Crippen LogP contribution in [-0.2, 0) is 5.41 Å². The van der Waals surface area contributed by atoms with Gasteiger partial charge < -0.3 is 10.5 Å². The molecule has 0 atom stereocenters. The zero-order valence-corrected chi connectivity index (χ0v) is 12.4. The van der Waals surface area contributed by atoms with Gasteiger partial charge in [-0.05, 0) is 28.1 Å². The largest absolute Gasteiger partial charge is 0.477 e. The first-order valence-corrected chi connectivity index (χ1v) is 6.81. The smallest absolute Gasteiger partial charge is 0.217 e. The highest BCUT2D eigenvalue weighted by atomic mass is 79.9. The summed E-state index contributed by atoms with van der Waals surface area (Å²) < 4.78 is 6.49. The van der Waals surface area contributed by atoms with Gasteiger partial charge in [0.15, 0.2) is 0 Å². The van der Waals surface area contributed by atoms with Crippen molar-refractivity contribution in [1.82, 2.24) is 9.97 Å². The highest BCUT2D eigenvalue weighted by Crippen LogP contribution is 2.39. The summed E-state index contributed by atoms with van der Waals surface area (Å²) in [6.45, 7) is 4.95. The molecular formula is C14H14BrN3O. The lowest BCUT2D eigenvalue weighted by Gasteiger charge is -2.15. The molecule has 2 aromatic heterocycles. The Balaban J connectivity index is 2.15. The standard InChI is InChI=1S/C14H14BrN3O/c1-14(2)7-19-13-11(14)3-8(5-18-13)10-4-9(15)6-17-12(10)16/h3-6H,7H2,1-2H3,(H2,16,17). The number of rotatable bonds is 1. The molecule has 0 unspecified atom stereocenters. The van der Waals surface area contributed by atoms with Crippen LogP contribution in [0, 0.1) is 0 Å². The molecule has 19 heavy (non-hydrogen) atoms. The second-order valence-corrected chi connectivity index (χ2v) is 6.25. The van der Waals surface area contributed by atoms with E-state index < -0.39 is 0 Å². The predicted octanol–water partition coefficient (Wildman–Crippen LogP) is 3.16. The van der Waals surface area contributed by atoms with Crippen LogP contribution in [0.3, 0.4) is 0 Å². The topological polar surface area (TPSA) is 61.0 Å². The van der Waals surface area contributed by atoms with Crippen molar-refractivity contribution in [2.75, 3.05) is 12.3 Å². The van der Waals surface area contributed by atoms with Crippen LogP contribution in [-0.4, -0.2) is 16.6 Å². The molecule has 0 bridgehead atoms. The first-order valence-electron chi connectivity index (χ1n) is 6.02. The number of hydrogen-bond acceptors (Lipinski definition) is 4. The molecule has 0 amide bonds. The van der Waals surface area contributed by atoms with Crippen LogP contribution >= 0.6 is 15.9 Å². The van der Waals surface area contributed by atoms with E-state index in [1.807, 2.05) is 6.07 Å². The number of pyridine rings is 2. The minimum Gasteiger partial charge on any atom is -0.477 e. The van der Waals surface area contributed by atoms with Gasteiger partial charge in [-0.1, -0.05) is 13.8 Å². The van der Waals surface area contributed by atoms with E-state index in [1.54, 1.807) is 12.4 Å². The van der Waals surface area contributed by atoms with Crippen molar-refractivity contribution < 1.29 is 4.74 Å². The molecule has 0 aromatic carbocycles. The second-order valence-electron chi connectivity index (χ2n) is 5.34. The molecule has 0 fully saturated rings. The molecule has 3 heterocycles. The number of nitrogen functional groups attached to an aromatic ring is 1. The summed E-state index contributed by atoms with van der Waals surface area (Å²) >= 11 is 3.42. The average Bonchev–Trinajstić information content (AvgIpc) is 2.68. The van der Waals surface area contributed by atoms with Crippen LogP contribution in [0.2, 0.25) is 0 Å². The Kier molecular flexibility index (Phi) is 2.74. The summed E-state index contributed by atoms with van der Waals surface area (Å²) in [4.78, 5) is 8.54. The summed E-state index contributed by atoms with van der Waals surface area (Å²) in [5.74, 6) is 1.22. The molecule has 1 aliphatic heterocycles. The van der Waals surface area contributed by atoms with Gasteiger partial charge in [-0.2, -0.15) is 0 Å². The summed E-state index contributed by atoms with van der Waals surface area (Å²) in [6.07, 6.45) is 3.47. The third-order valence-electron chi connectivity index (χ3n) is 3.35. The molecule has 2 N–H and O–H groups in total. The van der Waals surface area contributed by atoms with Crippen molar-refractivity contribution in [2.24, 2.45) is 0 Å². The number of aromatic nitrogens is 2. The number of anilines is 1. The Morgan fingerprint density at radius 3 is 2.84 bits per heavy atom. The fourth-order valence-electron chi connectivity index (χ4n) is 2.21. The first-order chi connectivity index (χ1) is 8.97. The van der Waals surface area contributed by atoms with Crippen molar-refractivity contribution in [3.63, 3.8) is 0 Å². The Morgan fingerprint density at radius 2 is 2.05 bits per heavy atom. The van der Waals surface area contributed by atoms with E-state index in [0.717, 1.165) is 27.0 Å². The monoisotopic (exact) mass is 319 g/mol. The molecule has 4 nitrogen and oxygen atoms in total. The Labute approximate surface area is 120 Å². The molecule has 3 rings (SSSR count). The molecule has 5 heteroatoms. The highest BCUT2D eigenvalue weighted by Gasteiger charge is 2.33. The summed E-state index contributed by atoms with van der Waals surface area (Å²) in [7, 11) is 0. The van der Waals surface area contributed by atoms with Crippen LogP contribution in [0.15, 0.2) is 29.0 Å². The van der Waals surface area contributed by atoms with E-state index in [-0.39, 0.29) is 5.41 Å². The maximum Gasteiger partial charge on any atom is 0.217 e. The molecule has 98 valence electrons. The van der Waals surface area contributed by atoms with E-state index in [1.165, 1.54) is 0 Å². The number of nitrogens with zero attached hydrogens (tertiary/aromatic N) is 2. The Morgan fingerprint density at radius 1 is 1.26 bits per heavy atom. The third-order valence-corrected chi connectivity index (χ3v) is 3.78. The van der Waals surface area contributed by atoms with Gasteiger partial charge >= 0.3 is 0 Å². The van der Waals surface area contributed by atoms with Gasteiger partial charge in [-0.3, -0.25) is 0 Å². The van der Waals surface area contributed by atoms with E-state index in [2.05, 4.69) is 45.8 Å². The van der Waals surface area contributed by atoms with E-state index >= 15 is 0 Å². The molecule has 0 aliphatic carbocycles. The summed E-state index contributed by atoms with van der Waals surface area (Å²) in [5, 5.41) is 0. The minimum atomic E-state index is -0.0213. The molecule has 0 saturated heterocycles. The van der Waals surface area contributed by atoms with Gasteiger partial charge in [0.2, 0.25) is 5.88 Å². The zero-order chi connectivity index (χ0) is 13.6. The number of halogens is 1. The second kappa shape index (κ2) is 4.20. The number of nitrogens with two attached hydrogens (primary N) is 1. The van der Waals surface area contributed by atoms with Gasteiger partial charge in [0.1, 0.15) is 5.82 Å². The van der Waals surface area contributed by atoms with E-state index in [0.29, 0.717) is 12.4 Å². The predicted molar refractivity (Wildman–Crippen MR) is 78.1 cm³/mol. The van der Waals surface area contributed by atoms with Crippen molar-refractivity contribution in [1.29, 1.82) is 0 Å². The molecule has 0 saturated carbocycles. The maximum absolute atomic E-state index is 5.94. The number of hydrogen-bond donors (Lipinski definition) is 1. The third kappa shape index (κ3) is 2.08. The van der Waals surface area contributed by atoms with Gasteiger partial charge in [0, 0.05) is 39.0 Å². The molecule has 1 aliphatic rings. The van der Waals surface area contributed by atoms with Crippen molar-refractivity contribution >= 4 is 21.7 Å². The minimum absolute atomic E-state index is 0.0213. The van der Waals surface area contributed by atoms with Crippen LogP contribution in [0.1, 0.15) is 19.4 Å². The quantitative estimate of drug-likeness (QED) is 0.877. The van der Waals surface area contributed by atoms with Crippen molar-refractivity contribution in [3.05, 3.63) is 34.6 Å². The van der Waals surface area contributed by atoms with Gasteiger partial charge in [-0.15, -0.1) is 0 Å².